The molecule has 0 aliphatic rings. The number of benzene rings is 2. The molecule has 0 bridgehead atoms. The van der Waals surface area contributed by atoms with Crippen LogP contribution in [0.25, 0.3) is 22.3 Å². The summed E-state index contributed by atoms with van der Waals surface area (Å²) >= 11 is 0. The number of amides is 1. The van der Waals surface area contributed by atoms with Gasteiger partial charge in [0.1, 0.15) is 5.69 Å². The van der Waals surface area contributed by atoms with Gasteiger partial charge in [-0.05, 0) is 25.0 Å². The summed E-state index contributed by atoms with van der Waals surface area (Å²) in [7, 11) is 1.86. The summed E-state index contributed by atoms with van der Waals surface area (Å²) in [4.78, 5) is 16.9. The third-order valence-corrected chi connectivity index (χ3v) is 5.04. The van der Waals surface area contributed by atoms with Gasteiger partial charge in [0.15, 0.2) is 12.3 Å². The lowest BCUT2D eigenvalue weighted by Gasteiger charge is -2.14. The second-order valence-electron chi connectivity index (χ2n) is 7.30. The molecule has 0 aliphatic carbocycles. The van der Waals surface area contributed by atoms with E-state index in [1.165, 1.54) is 0 Å². The number of fused-ring (bicyclic) bond motifs is 1. The molecule has 6 heteroatoms. The predicted octanol–water partition coefficient (Wildman–Crippen LogP) is 4.20. The lowest BCUT2D eigenvalue weighted by molar-refractivity contribution is -0.123. The first-order valence-electron chi connectivity index (χ1n) is 9.90. The van der Waals surface area contributed by atoms with Crippen molar-refractivity contribution in [2.24, 2.45) is 7.05 Å². The number of nitrogens with one attached hydrogen (secondary N) is 1. The highest BCUT2D eigenvalue weighted by Gasteiger charge is 2.16. The third-order valence-electron chi connectivity index (χ3n) is 5.04. The Morgan fingerprint density at radius 2 is 1.77 bits per heavy atom. The number of hydrogen-bond acceptors (Lipinski definition) is 4. The third kappa shape index (κ3) is 4.03. The molecule has 152 valence electrons. The number of nitrogens with zero attached hydrogens (tertiary/aromatic N) is 3. The standard InChI is InChI=1S/C24H24N4O2/c1-16-14-21(30-15-20(29)25-17(2)18-10-6-4-7-11-18)26-24-22(16)23(27-28(24)3)19-12-8-5-9-13-19/h4-14,17H,15H2,1-3H3,(H,25,29). The van der Waals surface area contributed by atoms with Crippen LogP contribution in [0.5, 0.6) is 5.88 Å². The van der Waals surface area contributed by atoms with Crippen LogP contribution in [0.1, 0.15) is 24.1 Å². The van der Waals surface area contributed by atoms with E-state index in [0.717, 1.165) is 33.4 Å². The maximum Gasteiger partial charge on any atom is 0.258 e. The quantitative estimate of drug-likeness (QED) is 0.527. The highest BCUT2D eigenvalue weighted by molar-refractivity contribution is 5.94. The summed E-state index contributed by atoms with van der Waals surface area (Å²) in [5, 5.41) is 8.58. The minimum absolute atomic E-state index is 0.0926. The molecule has 2 heterocycles. The molecule has 0 spiro atoms. The monoisotopic (exact) mass is 400 g/mol. The second-order valence-corrected chi connectivity index (χ2v) is 7.30. The number of aromatic nitrogens is 3. The van der Waals surface area contributed by atoms with E-state index in [4.69, 9.17) is 4.74 Å². The van der Waals surface area contributed by atoms with Crippen molar-refractivity contribution in [2.45, 2.75) is 19.9 Å². The van der Waals surface area contributed by atoms with E-state index in [1.54, 1.807) is 4.68 Å². The van der Waals surface area contributed by atoms with Crippen molar-refractivity contribution in [2.75, 3.05) is 6.61 Å². The van der Waals surface area contributed by atoms with Gasteiger partial charge in [0.25, 0.3) is 5.91 Å². The van der Waals surface area contributed by atoms with Crippen LogP contribution in [0.15, 0.2) is 66.7 Å². The molecule has 1 N–H and O–H groups in total. The van der Waals surface area contributed by atoms with E-state index >= 15 is 0 Å². The molecule has 0 fully saturated rings. The van der Waals surface area contributed by atoms with E-state index in [9.17, 15) is 4.79 Å². The predicted molar refractivity (Wildman–Crippen MR) is 117 cm³/mol. The number of carbonyl (C=O) groups is 1. The van der Waals surface area contributed by atoms with Gasteiger partial charge in [-0.3, -0.25) is 4.79 Å². The molecule has 1 amide bonds. The molecule has 2 aromatic heterocycles. The number of rotatable bonds is 6. The molecule has 0 radical (unpaired) electrons. The van der Waals surface area contributed by atoms with Crippen LogP contribution in [0, 0.1) is 6.92 Å². The maximum absolute atomic E-state index is 12.3. The van der Waals surface area contributed by atoms with Gasteiger partial charge >= 0.3 is 0 Å². The van der Waals surface area contributed by atoms with Gasteiger partial charge in [0, 0.05) is 18.7 Å². The highest BCUT2D eigenvalue weighted by atomic mass is 16.5. The number of carbonyl (C=O) groups excluding carboxylic acids is 1. The summed E-state index contributed by atoms with van der Waals surface area (Å²) in [5.41, 5.74) is 4.70. The summed E-state index contributed by atoms with van der Waals surface area (Å²) in [5.74, 6) is 0.214. The van der Waals surface area contributed by atoms with Crippen molar-refractivity contribution in [1.82, 2.24) is 20.1 Å². The number of pyridine rings is 1. The van der Waals surface area contributed by atoms with Crippen molar-refractivity contribution in [1.29, 1.82) is 0 Å². The molecule has 1 unspecified atom stereocenters. The molecule has 30 heavy (non-hydrogen) atoms. The zero-order valence-corrected chi connectivity index (χ0v) is 17.3. The van der Waals surface area contributed by atoms with Gasteiger partial charge < -0.3 is 10.1 Å². The number of ether oxygens (including phenoxy) is 1. The van der Waals surface area contributed by atoms with Crippen LogP contribution in [-0.4, -0.2) is 27.3 Å². The Morgan fingerprint density at radius 1 is 1.10 bits per heavy atom. The molecule has 4 rings (SSSR count). The van der Waals surface area contributed by atoms with Gasteiger partial charge in [-0.15, -0.1) is 0 Å². The largest absolute Gasteiger partial charge is 0.468 e. The minimum atomic E-state index is -0.194. The average Bonchev–Trinajstić information content (AvgIpc) is 3.10. The molecular formula is C24H24N4O2. The van der Waals surface area contributed by atoms with Crippen molar-refractivity contribution >= 4 is 16.9 Å². The smallest absolute Gasteiger partial charge is 0.258 e. The summed E-state index contributed by atoms with van der Waals surface area (Å²) in [6.07, 6.45) is 0. The number of hydrogen-bond donors (Lipinski definition) is 1. The lowest BCUT2D eigenvalue weighted by Crippen LogP contribution is -2.31. The maximum atomic E-state index is 12.3. The van der Waals surface area contributed by atoms with Gasteiger partial charge in [-0.2, -0.15) is 10.1 Å². The Hall–Kier alpha value is -3.67. The summed E-state index contributed by atoms with van der Waals surface area (Å²) in [6.45, 7) is 3.85. The first-order chi connectivity index (χ1) is 14.5. The molecule has 0 aliphatic heterocycles. The molecule has 6 nitrogen and oxygen atoms in total. The Bertz CT molecular complexity index is 1170. The lowest BCUT2D eigenvalue weighted by atomic mass is 10.1. The van der Waals surface area contributed by atoms with E-state index in [2.05, 4.69) is 15.4 Å². The fourth-order valence-corrected chi connectivity index (χ4v) is 3.52. The fourth-order valence-electron chi connectivity index (χ4n) is 3.52. The van der Waals surface area contributed by atoms with E-state index < -0.39 is 0 Å². The molecule has 0 saturated carbocycles. The van der Waals surface area contributed by atoms with Gasteiger partial charge in [-0.1, -0.05) is 60.7 Å². The molecule has 0 saturated heterocycles. The van der Waals surface area contributed by atoms with Gasteiger partial charge in [-0.25, -0.2) is 4.68 Å². The minimum Gasteiger partial charge on any atom is -0.468 e. The summed E-state index contributed by atoms with van der Waals surface area (Å²) < 4.78 is 7.44. The zero-order chi connectivity index (χ0) is 21.1. The highest BCUT2D eigenvalue weighted by Crippen LogP contribution is 2.31. The van der Waals surface area contributed by atoms with Crippen LogP contribution in [0.3, 0.4) is 0 Å². The first kappa shape index (κ1) is 19.6. The van der Waals surface area contributed by atoms with E-state index in [-0.39, 0.29) is 18.6 Å². The first-order valence-corrected chi connectivity index (χ1v) is 9.90. The molecule has 2 aromatic carbocycles. The molecule has 1 atom stereocenters. The van der Waals surface area contributed by atoms with E-state index in [1.807, 2.05) is 87.6 Å². The van der Waals surface area contributed by atoms with Crippen LogP contribution in [0.4, 0.5) is 0 Å². The molecule has 4 aromatic rings. The molecular weight excluding hydrogens is 376 g/mol. The van der Waals surface area contributed by atoms with Crippen LogP contribution in [-0.2, 0) is 11.8 Å². The Balaban J connectivity index is 1.50. The topological polar surface area (TPSA) is 69.0 Å². The van der Waals surface area contributed by atoms with E-state index in [0.29, 0.717) is 5.88 Å². The zero-order valence-electron chi connectivity index (χ0n) is 17.3. The van der Waals surface area contributed by atoms with Crippen LogP contribution in [0.2, 0.25) is 0 Å². The van der Waals surface area contributed by atoms with Gasteiger partial charge in [0.05, 0.1) is 11.4 Å². The Labute approximate surface area is 175 Å². The Morgan fingerprint density at radius 3 is 2.47 bits per heavy atom. The average molecular weight is 400 g/mol. The van der Waals surface area contributed by atoms with Crippen LogP contribution >= 0.6 is 0 Å². The van der Waals surface area contributed by atoms with Crippen LogP contribution < -0.4 is 10.1 Å². The normalized spacial score (nSPS) is 12.0. The van der Waals surface area contributed by atoms with Crippen molar-refractivity contribution in [3.63, 3.8) is 0 Å². The van der Waals surface area contributed by atoms with Gasteiger partial charge in [0.2, 0.25) is 5.88 Å². The van der Waals surface area contributed by atoms with Crippen molar-refractivity contribution in [3.05, 3.63) is 77.9 Å². The fraction of sp³-hybridized carbons (Fsp3) is 0.208. The van der Waals surface area contributed by atoms with Crippen molar-refractivity contribution in [3.8, 4) is 17.1 Å². The van der Waals surface area contributed by atoms with Crippen molar-refractivity contribution < 1.29 is 9.53 Å². The number of aryl methyl sites for hydroxylation is 2. The second kappa shape index (κ2) is 8.37. The Kier molecular flexibility index (Phi) is 5.48. The SMILES string of the molecule is Cc1cc(OCC(=O)NC(C)c2ccccc2)nc2c1c(-c1ccccc1)nn2C. The summed E-state index contributed by atoms with van der Waals surface area (Å²) in [6, 6.07) is 21.6.